The molecule has 1 aliphatic heterocycles. The maximum atomic E-state index is 5.86. The van der Waals surface area contributed by atoms with E-state index in [0.717, 1.165) is 18.0 Å². The Labute approximate surface area is 84.3 Å². The standard InChI is InChI=1S/C12H15NO/c1-9-5-6-12(11(8-9)14-12)10-4-2-3-7-13-10/h2-4,7,9,11H,5-6,8H2,1H3. The highest BCUT2D eigenvalue weighted by Gasteiger charge is 2.60. The van der Waals surface area contributed by atoms with E-state index in [2.05, 4.69) is 18.0 Å². The number of aromatic nitrogens is 1. The summed E-state index contributed by atoms with van der Waals surface area (Å²) in [6, 6.07) is 6.10. The lowest BCUT2D eigenvalue weighted by Crippen LogP contribution is -2.22. The minimum Gasteiger partial charge on any atom is -0.359 e. The molecular weight excluding hydrogens is 174 g/mol. The molecule has 74 valence electrons. The molecule has 0 N–H and O–H groups in total. The van der Waals surface area contributed by atoms with Gasteiger partial charge in [0, 0.05) is 6.20 Å². The highest BCUT2D eigenvalue weighted by atomic mass is 16.6. The molecule has 3 atom stereocenters. The zero-order valence-corrected chi connectivity index (χ0v) is 8.44. The van der Waals surface area contributed by atoms with Crippen LogP contribution in [0.15, 0.2) is 24.4 Å². The first kappa shape index (κ1) is 8.42. The summed E-state index contributed by atoms with van der Waals surface area (Å²) in [6.07, 6.45) is 5.93. The molecule has 3 rings (SSSR count). The summed E-state index contributed by atoms with van der Waals surface area (Å²) in [4.78, 5) is 4.42. The van der Waals surface area contributed by atoms with Crippen molar-refractivity contribution in [2.45, 2.75) is 37.9 Å². The second-order valence-electron chi connectivity index (χ2n) is 4.59. The van der Waals surface area contributed by atoms with Gasteiger partial charge in [-0.25, -0.2) is 0 Å². The lowest BCUT2D eigenvalue weighted by Gasteiger charge is -2.20. The number of nitrogens with zero attached hydrogens (tertiary/aromatic N) is 1. The highest BCUT2D eigenvalue weighted by Crippen LogP contribution is 2.55. The zero-order valence-electron chi connectivity index (χ0n) is 8.44. The Morgan fingerprint density at radius 1 is 1.50 bits per heavy atom. The van der Waals surface area contributed by atoms with Crippen molar-refractivity contribution in [3.8, 4) is 0 Å². The van der Waals surface area contributed by atoms with Gasteiger partial charge < -0.3 is 4.74 Å². The van der Waals surface area contributed by atoms with Gasteiger partial charge in [-0.1, -0.05) is 13.0 Å². The molecule has 2 fully saturated rings. The van der Waals surface area contributed by atoms with Crippen molar-refractivity contribution in [2.24, 2.45) is 5.92 Å². The van der Waals surface area contributed by atoms with E-state index >= 15 is 0 Å². The average Bonchev–Trinajstić information content (AvgIpc) is 2.94. The molecule has 2 nitrogen and oxygen atoms in total. The predicted molar refractivity (Wildman–Crippen MR) is 53.8 cm³/mol. The molecule has 1 aromatic rings. The van der Waals surface area contributed by atoms with E-state index in [0.29, 0.717) is 6.10 Å². The third kappa shape index (κ3) is 1.10. The first-order chi connectivity index (χ1) is 6.81. The van der Waals surface area contributed by atoms with E-state index < -0.39 is 0 Å². The molecule has 14 heavy (non-hydrogen) atoms. The molecular formula is C12H15NO. The topological polar surface area (TPSA) is 25.4 Å². The van der Waals surface area contributed by atoms with Crippen molar-refractivity contribution in [3.63, 3.8) is 0 Å². The first-order valence-corrected chi connectivity index (χ1v) is 5.40. The largest absolute Gasteiger partial charge is 0.359 e. The van der Waals surface area contributed by atoms with Gasteiger partial charge in [-0.3, -0.25) is 4.98 Å². The lowest BCUT2D eigenvalue weighted by molar-refractivity contribution is 0.280. The number of hydrogen-bond acceptors (Lipinski definition) is 2. The van der Waals surface area contributed by atoms with Gasteiger partial charge in [0.25, 0.3) is 0 Å². The van der Waals surface area contributed by atoms with Gasteiger partial charge in [0.2, 0.25) is 0 Å². The Hall–Kier alpha value is -0.890. The molecule has 0 aromatic carbocycles. The van der Waals surface area contributed by atoms with E-state index in [4.69, 9.17) is 4.74 Å². The van der Waals surface area contributed by atoms with Crippen molar-refractivity contribution >= 4 is 0 Å². The lowest BCUT2D eigenvalue weighted by atomic mass is 9.81. The van der Waals surface area contributed by atoms with E-state index in [1.54, 1.807) is 0 Å². The van der Waals surface area contributed by atoms with E-state index in [9.17, 15) is 0 Å². The summed E-state index contributed by atoms with van der Waals surface area (Å²) in [6.45, 7) is 2.31. The number of ether oxygens (including phenoxy) is 1. The van der Waals surface area contributed by atoms with Crippen LogP contribution in [0.4, 0.5) is 0 Å². The van der Waals surface area contributed by atoms with E-state index in [-0.39, 0.29) is 5.60 Å². The summed E-state index contributed by atoms with van der Waals surface area (Å²) < 4.78 is 5.86. The fourth-order valence-corrected chi connectivity index (χ4v) is 2.59. The number of epoxide rings is 1. The molecule has 2 heteroatoms. The molecule has 0 radical (unpaired) electrons. The Morgan fingerprint density at radius 2 is 2.43 bits per heavy atom. The second kappa shape index (κ2) is 2.80. The van der Waals surface area contributed by atoms with Crippen LogP contribution in [0, 0.1) is 5.92 Å². The first-order valence-electron chi connectivity index (χ1n) is 5.40. The van der Waals surface area contributed by atoms with Gasteiger partial charge in [-0.15, -0.1) is 0 Å². The zero-order chi connectivity index (χ0) is 9.60. The number of fused-ring (bicyclic) bond motifs is 1. The number of pyridine rings is 1. The smallest absolute Gasteiger partial charge is 0.136 e. The Bertz CT molecular complexity index is 337. The van der Waals surface area contributed by atoms with Crippen LogP contribution in [0.5, 0.6) is 0 Å². The van der Waals surface area contributed by atoms with Gasteiger partial charge >= 0.3 is 0 Å². The summed E-state index contributed by atoms with van der Waals surface area (Å²) in [5, 5.41) is 0. The van der Waals surface area contributed by atoms with Crippen molar-refractivity contribution in [2.75, 3.05) is 0 Å². The van der Waals surface area contributed by atoms with Crippen LogP contribution in [-0.4, -0.2) is 11.1 Å². The van der Waals surface area contributed by atoms with Gasteiger partial charge in [0.15, 0.2) is 0 Å². The summed E-state index contributed by atoms with van der Waals surface area (Å²) in [5.74, 6) is 0.819. The fourth-order valence-electron chi connectivity index (χ4n) is 2.59. The minimum absolute atomic E-state index is 0.00771. The third-order valence-electron chi connectivity index (χ3n) is 3.54. The molecule has 0 amide bonds. The van der Waals surface area contributed by atoms with Crippen molar-refractivity contribution in [1.29, 1.82) is 0 Å². The van der Waals surface area contributed by atoms with Crippen LogP contribution in [0.2, 0.25) is 0 Å². The maximum Gasteiger partial charge on any atom is 0.136 e. The second-order valence-corrected chi connectivity index (χ2v) is 4.59. The normalized spacial score (nSPS) is 40.4. The summed E-state index contributed by atoms with van der Waals surface area (Å²) in [7, 11) is 0. The maximum absolute atomic E-state index is 5.86. The number of hydrogen-bond donors (Lipinski definition) is 0. The van der Waals surface area contributed by atoms with Crippen LogP contribution in [0.1, 0.15) is 31.9 Å². The molecule has 1 aliphatic carbocycles. The van der Waals surface area contributed by atoms with Crippen molar-refractivity contribution in [1.82, 2.24) is 4.98 Å². The van der Waals surface area contributed by atoms with Crippen LogP contribution in [0.3, 0.4) is 0 Å². The molecule has 1 aromatic heterocycles. The Balaban J connectivity index is 1.88. The molecule has 1 saturated heterocycles. The monoisotopic (exact) mass is 189 g/mol. The quantitative estimate of drug-likeness (QED) is 0.634. The van der Waals surface area contributed by atoms with E-state index in [1.165, 1.54) is 12.8 Å². The van der Waals surface area contributed by atoms with Crippen molar-refractivity contribution in [3.05, 3.63) is 30.1 Å². The predicted octanol–water partition coefficient (Wildman–Crippen LogP) is 2.50. The van der Waals surface area contributed by atoms with Crippen LogP contribution >= 0.6 is 0 Å². The van der Waals surface area contributed by atoms with Gasteiger partial charge in [-0.2, -0.15) is 0 Å². The summed E-state index contributed by atoms with van der Waals surface area (Å²) in [5.41, 5.74) is 1.14. The minimum atomic E-state index is 0.00771. The Morgan fingerprint density at radius 3 is 3.14 bits per heavy atom. The van der Waals surface area contributed by atoms with Crippen molar-refractivity contribution < 1.29 is 4.74 Å². The van der Waals surface area contributed by atoms with Gasteiger partial charge in [-0.05, 0) is 37.3 Å². The van der Waals surface area contributed by atoms with Crippen LogP contribution in [-0.2, 0) is 10.3 Å². The Kier molecular flexibility index (Phi) is 1.68. The summed E-state index contributed by atoms with van der Waals surface area (Å²) >= 11 is 0. The molecule has 0 bridgehead atoms. The molecule has 2 aliphatic rings. The molecule has 0 spiro atoms. The van der Waals surface area contributed by atoms with E-state index in [1.807, 2.05) is 18.3 Å². The fraction of sp³-hybridized carbons (Fsp3) is 0.583. The molecule has 3 unspecified atom stereocenters. The van der Waals surface area contributed by atoms with Crippen LogP contribution < -0.4 is 0 Å². The molecule has 1 saturated carbocycles. The van der Waals surface area contributed by atoms with Gasteiger partial charge in [0.1, 0.15) is 5.60 Å². The highest BCUT2D eigenvalue weighted by molar-refractivity contribution is 5.23. The third-order valence-corrected chi connectivity index (χ3v) is 3.54. The number of rotatable bonds is 1. The SMILES string of the molecule is CC1CCC2(c3ccccn3)OC2C1. The van der Waals surface area contributed by atoms with Crippen LogP contribution in [0.25, 0.3) is 0 Å². The average molecular weight is 189 g/mol. The van der Waals surface area contributed by atoms with Gasteiger partial charge in [0.05, 0.1) is 11.8 Å². The molecule has 2 heterocycles.